The molecule has 0 spiro atoms. The number of imidazole rings is 1. The van der Waals surface area contributed by atoms with Crippen LogP contribution >= 0.6 is 7.52 Å². The van der Waals surface area contributed by atoms with Crippen molar-refractivity contribution in [1.29, 1.82) is 0 Å². The maximum Gasteiger partial charge on any atom is 0.342 e. The number of nitrogens with zero attached hydrogens (tertiary/aromatic N) is 4. The zero-order valence-electron chi connectivity index (χ0n) is 20.2. The summed E-state index contributed by atoms with van der Waals surface area (Å²) < 4.78 is 37.7. The van der Waals surface area contributed by atoms with E-state index in [0.717, 1.165) is 0 Å². The van der Waals surface area contributed by atoms with E-state index in [9.17, 15) is 9.36 Å². The second-order valence-corrected chi connectivity index (χ2v) is 10.2. The molecule has 0 aliphatic rings. The monoisotopic (exact) mass is 506 g/mol. The lowest BCUT2D eigenvalue weighted by molar-refractivity contribution is -0.150. The number of carbonyl (C=O) groups is 1. The Balaban J connectivity index is 1.74. The molecule has 0 aliphatic carbocycles. The van der Waals surface area contributed by atoms with Crippen LogP contribution in [0.4, 0.5) is 5.82 Å². The molecule has 0 amide bonds. The number of nitrogens with two attached hydrogens (primary N) is 1. The predicted octanol–water partition coefficient (Wildman–Crippen LogP) is 2.60. The minimum absolute atomic E-state index is 0.0641. The van der Waals surface area contributed by atoms with Crippen LogP contribution in [0.5, 0.6) is 5.75 Å². The van der Waals surface area contributed by atoms with Crippen LogP contribution in [-0.4, -0.2) is 63.8 Å². The SMILES string of the molecule is COC[C@H](N[P@](=O)(CO[C@H](C)Cn1cnc2c(N)ncnc21)Oc1ccccc1)C(=O)OC(C)C. The number of para-hydroxylation sites is 1. The number of aromatic nitrogens is 4. The van der Waals surface area contributed by atoms with Crippen molar-refractivity contribution in [3.8, 4) is 5.75 Å². The number of nitrogen functional groups attached to an aromatic ring is 1. The summed E-state index contributed by atoms with van der Waals surface area (Å²) in [5, 5.41) is 2.79. The highest BCUT2D eigenvalue weighted by Crippen LogP contribution is 2.44. The van der Waals surface area contributed by atoms with E-state index in [1.165, 1.54) is 13.4 Å². The van der Waals surface area contributed by atoms with Gasteiger partial charge >= 0.3 is 13.5 Å². The largest absolute Gasteiger partial charge is 0.462 e. The molecule has 13 heteroatoms. The molecule has 3 aromatic rings. The maximum atomic E-state index is 13.8. The van der Waals surface area contributed by atoms with Gasteiger partial charge in [-0.3, -0.25) is 9.36 Å². The first-order valence-corrected chi connectivity index (χ1v) is 12.9. The average Bonchev–Trinajstić information content (AvgIpc) is 3.22. The Labute approximate surface area is 203 Å². The van der Waals surface area contributed by atoms with Crippen LogP contribution in [0.2, 0.25) is 0 Å². The number of ether oxygens (including phenoxy) is 3. The van der Waals surface area contributed by atoms with Crippen LogP contribution in [0, 0.1) is 0 Å². The number of anilines is 1. The summed E-state index contributed by atoms with van der Waals surface area (Å²) in [5.74, 6) is 0.0412. The zero-order chi connectivity index (χ0) is 25.4. The third kappa shape index (κ3) is 7.46. The molecule has 2 aromatic heterocycles. The summed E-state index contributed by atoms with van der Waals surface area (Å²) in [6.45, 7) is 5.55. The highest BCUT2D eigenvalue weighted by molar-refractivity contribution is 7.57. The van der Waals surface area contributed by atoms with Gasteiger partial charge in [-0.25, -0.2) is 20.0 Å². The van der Waals surface area contributed by atoms with E-state index in [4.69, 9.17) is 24.5 Å². The molecular formula is C22H31N6O6P. The maximum absolute atomic E-state index is 13.8. The Morgan fingerprint density at radius 3 is 2.60 bits per heavy atom. The van der Waals surface area contributed by atoms with Gasteiger partial charge < -0.3 is 29.0 Å². The summed E-state index contributed by atoms with van der Waals surface area (Å²) in [7, 11) is -2.31. The van der Waals surface area contributed by atoms with Crippen molar-refractivity contribution in [2.75, 3.05) is 25.8 Å². The molecule has 1 aromatic carbocycles. The van der Waals surface area contributed by atoms with E-state index in [1.54, 1.807) is 49.0 Å². The average molecular weight is 507 g/mol. The number of methoxy groups -OCH3 is 1. The highest BCUT2D eigenvalue weighted by Gasteiger charge is 2.34. The van der Waals surface area contributed by atoms with Gasteiger partial charge in [0.25, 0.3) is 0 Å². The van der Waals surface area contributed by atoms with E-state index in [0.29, 0.717) is 23.5 Å². The molecule has 35 heavy (non-hydrogen) atoms. The van der Waals surface area contributed by atoms with Crippen LogP contribution in [0.15, 0.2) is 43.0 Å². The Morgan fingerprint density at radius 2 is 1.91 bits per heavy atom. The summed E-state index contributed by atoms with van der Waals surface area (Å²) >= 11 is 0. The number of carbonyl (C=O) groups excluding carboxylic acids is 1. The van der Waals surface area contributed by atoms with Gasteiger partial charge in [0.05, 0.1) is 31.7 Å². The smallest absolute Gasteiger partial charge is 0.342 e. The number of nitrogens with one attached hydrogen (secondary N) is 1. The van der Waals surface area contributed by atoms with Crippen molar-refractivity contribution in [2.45, 2.75) is 45.6 Å². The van der Waals surface area contributed by atoms with Gasteiger partial charge in [0.1, 0.15) is 30.0 Å². The molecule has 0 saturated carbocycles. The number of fused-ring (bicyclic) bond motifs is 1. The number of hydrogen-bond donors (Lipinski definition) is 2. The minimum Gasteiger partial charge on any atom is -0.462 e. The molecular weight excluding hydrogens is 475 g/mol. The van der Waals surface area contributed by atoms with Crippen LogP contribution in [0.1, 0.15) is 20.8 Å². The topological polar surface area (TPSA) is 153 Å². The number of rotatable bonds is 13. The van der Waals surface area contributed by atoms with Crippen LogP contribution < -0.4 is 15.3 Å². The molecule has 2 heterocycles. The normalized spacial score (nSPS) is 15.0. The second kappa shape index (κ2) is 12.1. The number of esters is 1. The molecule has 3 atom stereocenters. The Kier molecular flexibility index (Phi) is 9.16. The molecule has 190 valence electrons. The van der Waals surface area contributed by atoms with Gasteiger partial charge in [-0.1, -0.05) is 18.2 Å². The molecule has 0 unspecified atom stereocenters. The van der Waals surface area contributed by atoms with Gasteiger partial charge in [-0.05, 0) is 32.9 Å². The van der Waals surface area contributed by atoms with Crippen LogP contribution in [0.25, 0.3) is 11.2 Å². The first-order chi connectivity index (χ1) is 16.7. The van der Waals surface area contributed by atoms with Gasteiger partial charge in [-0.15, -0.1) is 0 Å². The summed E-state index contributed by atoms with van der Waals surface area (Å²) in [6.07, 6.45) is 1.87. The fourth-order valence-corrected chi connectivity index (χ4v) is 4.95. The molecule has 0 bridgehead atoms. The molecule has 0 aliphatic heterocycles. The first kappa shape index (κ1) is 26.6. The molecule has 0 fully saturated rings. The summed E-state index contributed by atoms with van der Waals surface area (Å²) in [6, 6.07) is 7.62. The van der Waals surface area contributed by atoms with Crippen molar-refractivity contribution >= 4 is 30.5 Å². The Hall–Kier alpha value is -3.05. The van der Waals surface area contributed by atoms with Crippen LogP contribution in [-0.2, 0) is 30.1 Å². The second-order valence-electron chi connectivity index (χ2n) is 8.13. The molecule has 3 N–H and O–H groups in total. The van der Waals surface area contributed by atoms with Gasteiger partial charge in [0.15, 0.2) is 11.5 Å². The minimum atomic E-state index is -3.75. The van der Waals surface area contributed by atoms with Crippen molar-refractivity contribution in [3.05, 3.63) is 43.0 Å². The lowest BCUT2D eigenvalue weighted by atomic mass is 10.3. The van der Waals surface area contributed by atoms with E-state index < -0.39 is 25.6 Å². The van der Waals surface area contributed by atoms with E-state index >= 15 is 0 Å². The van der Waals surface area contributed by atoms with Gasteiger partial charge in [0, 0.05) is 7.11 Å². The third-order valence-electron chi connectivity index (χ3n) is 4.73. The highest BCUT2D eigenvalue weighted by atomic mass is 31.2. The third-order valence-corrected chi connectivity index (χ3v) is 6.43. The number of hydrogen-bond acceptors (Lipinski definition) is 10. The van der Waals surface area contributed by atoms with Gasteiger partial charge in [-0.2, -0.15) is 0 Å². The van der Waals surface area contributed by atoms with Gasteiger partial charge in [0.2, 0.25) is 0 Å². The predicted molar refractivity (Wildman–Crippen MR) is 130 cm³/mol. The zero-order valence-corrected chi connectivity index (χ0v) is 21.1. The fourth-order valence-electron chi connectivity index (χ4n) is 3.21. The summed E-state index contributed by atoms with van der Waals surface area (Å²) in [5.41, 5.74) is 6.90. The van der Waals surface area contributed by atoms with Crippen molar-refractivity contribution in [3.63, 3.8) is 0 Å². The lowest BCUT2D eigenvalue weighted by Crippen LogP contribution is -2.42. The molecule has 0 radical (unpaired) electrons. The molecule has 0 saturated heterocycles. The lowest BCUT2D eigenvalue weighted by Gasteiger charge is -2.26. The van der Waals surface area contributed by atoms with Crippen molar-refractivity contribution in [1.82, 2.24) is 24.6 Å². The van der Waals surface area contributed by atoms with E-state index in [-0.39, 0.29) is 24.9 Å². The molecule has 3 rings (SSSR count). The fraction of sp³-hybridized carbons (Fsp3) is 0.455. The first-order valence-electron chi connectivity index (χ1n) is 11.0. The Bertz CT molecular complexity index is 1160. The van der Waals surface area contributed by atoms with Crippen molar-refractivity contribution in [2.24, 2.45) is 0 Å². The number of benzene rings is 1. The Morgan fingerprint density at radius 1 is 1.17 bits per heavy atom. The van der Waals surface area contributed by atoms with E-state index in [1.807, 2.05) is 13.0 Å². The van der Waals surface area contributed by atoms with Crippen molar-refractivity contribution < 1.29 is 28.1 Å². The molecule has 12 nitrogen and oxygen atoms in total. The van der Waals surface area contributed by atoms with Crippen LogP contribution in [0.3, 0.4) is 0 Å². The quantitative estimate of drug-likeness (QED) is 0.260. The standard InChI is InChI=1S/C22H31N6O6P/c1-15(2)33-22(29)18(11-31-4)27-35(30,34-17-8-6-5-7-9-17)14-32-16(3)10-28-13-26-19-20(23)24-12-25-21(19)28/h5-9,12-13,15-16,18H,10-11,14H2,1-4H3,(H,27,30)(H2,23,24,25)/t16-,18+,35+/m1/s1. The summed E-state index contributed by atoms with van der Waals surface area (Å²) in [4.78, 5) is 25.0. The van der Waals surface area contributed by atoms with E-state index in [2.05, 4.69) is 20.0 Å².